The molecule has 92 valence electrons. The van der Waals surface area contributed by atoms with Crippen LogP contribution in [0, 0.1) is 0 Å². The topological polar surface area (TPSA) is 52.6 Å². The molecule has 0 aromatic carbocycles. The SMILES string of the molecule is COC(=O)/C=C/C(=O)OCCCCCCBr. The van der Waals surface area contributed by atoms with Gasteiger partial charge in [0.1, 0.15) is 0 Å². The molecule has 0 atom stereocenters. The van der Waals surface area contributed by atoms with Crippen molar-refractivity contribution in [2.45, 2.75) is 25.7 Å². The highest BCUT2D eigenvalue weighted by Gasteiger charge is 1.98. The van der Waals surface area contributed by atoms with E-state index < -0.39 is 11.9 Å². The maximum absolute atomic E-state index is 11.0. The molecular formula is C11H17BrO4. The van der Waals surface area contributed by atoms with Gasteiger partial charge in [-0.1, -0.05) is 28.8 Å². The van der Waals surface area contributed by atoms with Crippen LogP contribution >= 0.6 is 15.9 Å². The van der Waals surface area contributed by atoms with E-state index in [2.05, 4.69) is 20.7 Å². The molecule has 0 fully saturated rings. The summed E-state index contributed by atoms with van der Waals surface area (Å²) in [6.07, 6.45) is 6.28. The Kier molecular flexibility index (Phi) is 10.1. The standard InChI is InChI=1S/C11H17BrO4/c1-15-10(13)6-7-11(14)16-9-5-3-2-4-8-12/h6-7H,2-5,8-9H2,1H3/b7-6+. The molecule has 0 rings (SSSR count). The summed E-state index contributed by atoms with van der Waals surface area (Å²) in [4.78, 5) is 21.7. The molecule has 5 heteroatoms. The zero-order chi connectivity index (χ0) is 12.2. The second-order valence-electron chi connectivity index (χ2n) is 3.13. The first kappa shape index (κ1) is 15.2. The van der Waals surface area contributed by atoms with E-state index in [4.69, 9.17) is 4.74 Å². The van der Waals surface area contributed by atoms with Crippen molar-refractivity contribution in [2.24, 2.45) is 0 Å². The summed E-state index contributed by atoms with van der Waals surface area (Å²) in [5.74, 6) is -1.07. The summed E-state index contributed by atoms with van der Waals surface area (Å²) in [6.45, 7) is 0.395. The van der Waals surface area contributed by atoms with E-state index in [-0.39, 0.29) is 0 Å². The quantitative estimate of drug-likeness (QED) is 0.298. The molecule has 0 radical (unpaired) electrons. The van der Waals surface area contributed by atoms with Crippen LogP contribution in [0.2, 0.25) is 0 Å². The number of unbranched alkanes of at least 4 members (excludes halogenated alkanes) is 3. The van der Waals surface area contributed by atoms with Crippen molar-refractivity contribution < 1.29 is 19.1 Å². The van der Waals surface area contributed by atoms with Crippen LogP contribution in [-0.4, -0.2) is 31.0 Å². The Hall–Kier alpha value is -0.840. The number of ether oxygens (including phenoxy) is 2. The number of carbonyl (C=O) groups is 2. The molecule has 0 saturated heterocycles. The Morgan fingerprint density at radius 3 is 2.31 bits per heavy atom. The molecule has 0 aliphatic heterocycles. The van der Waals surface area contributed by atoms with Crippen LogP contribution in [0.5, 0.6) is 0 Å². The first-order valence-corrected chi connectivity index (χ1v) is 6.31. The molecule has 0 spiro atoms. The molecule has 0 aromatic rings. The zero-order valence-electron chi connectivity index (χ0n) is 9.41. The molecule has 0 unspecified atom stereocenters. The molecule has 0 bridgehead atoms. The minimum atomic E-state index is -0.561. The summed E-state index contributed by atoms with van der Waals surface area (Å²) in [5.41, 5.74) is 0. The highest BCUT2D eigenvalue weighted by atomic mass is 79.9. The van der Waals surface area contributed by atoms with E-state index in [0.717, 1.165) is 43.2 Å². The fourth-order valence-electron chi connectivity index (χ4n) is 0.975. The molecule has 4 nitrogen and oxygen atoms in total. The van der Waals surface area contributed by atoms with Gasteiger partial charge in [0.15, 0.2) is 0 Å². The number of halogens is 1. The molecule has 0 amide bonds. The van der Waals surface area contributed by atoms with E-state index in [1.54, 1.807) is 0 Å². The molecule has 0 aromatic heterocycles. The van der Waals surface area contributed by atoms with Gasteiger partial charge in [-0.05, 0) is 12.8 Å². The van der Waals surface area contributed by atoms with Gasteiger partial charge in [0.2, 0.25) is 0 Å². The molecule has 0 aliphatic rings. The third-order valence-electron chi connectivity index (χ3n) is 1.83. The minimum absolute atomic E-state index is 0.395. The van der Waals surface area contributed by atoms with Crippen LogP contribution in [-0.2, 0) is 19.1 Å². The highest BCUT2D eigenvalue weighted by molar-refractivity contribution is 9.09. The summed E-state index contributed by atoms with van der Waals surface area (Å²) in [7, 11) is 1.25. The van der Waals surface area contributed by atoms with Gasteiger partial charge in [-0.15, -0.1) is 0 Å². The average molecular weight is 293 g/mol. The van der Waals surface area contributed by atoms with Crippen molar-refractivity contribution in [1.82, 2.24) is 0 Å². The van der Waals surface area contributed by atoms with E-state index in [9.17, 15) is 9.59 Å². The monoisotopic (exact) mass is 292 g/mol. The Bertz CT molecular complexity index is 238. The number of rotatable bonds is 8. The van der Waals surface area contributed by atoms with Gasteiger partial charge in [-0.2, -0.15) is 0 Å². The van der Waals surface area contributed by atoms with Crippen LogP contribution in [0.3, 0.4) is 0 Å². The summed E-state index contributed by atoms with van der Waals surface area (Å²) in [6, 6.07) is 0. The Balaban J connectivity index is 3.44. The van der Waals surface area contributed by atoms with Crippen LogP contribution in [0.1, 0.15) is 25.7 Å². The Morgan fingerprint density at radius 2 is 1.69 bits per heavy atom. The van der Waals surface area contributed by atoms with Crippen molar-refractivity contribution in [3.05, 3.63) is 12.2 Å². The molecule has 0 N–H and O–H groups in total. The lowest BCUT2D eigenvalue weighted by atomic mass is 10.2. The van der Waals surface area contributed by atoms with Gasteiger partial charge in [-0.3, -0.25) is 0 Å². The first-order chi connectivity index (χ1) is 7.70. The summed E-state index contributed by atoms with van der Waals surface area (Å²) in [5, 5.41) is 1.01. The van der Waals surface area contributed by atoms with Gasteiger partial charge >= 0.3 is 11.9 Å². The number of methoxy groups -OCH3 is 1. The lowest BCUT2D eigenvalue weighted by molar-refractivity contribution is -0.139. The number of hydrogen-bond donors (Lipinski definition) is 0. The second kappa shape index (κ2) is 10.7. The molecular weight excluding hydrogens is 276 g/mol. The predicted octanol–water partition coefficient (Wildman–Crippen LogP) is 2.21. The van der Waals surface area contributed by atoms with Gasteiger partial charge in [-0.25, -0.2) is 9.59 Å². The largest absolute Gasteiger partial charge is 0.466 e. The van der Waals surface area contributed by atoms with Crippen molar-refractivity contribution in [2.75, 3.05) is 19.0 Å². The van der Waals surface area contributed by atoms with Gasteiger partial charge < -0.3 is 9.47 Å². The number of esters is 2. The second-order valence-corrected chi connectivity index (χ2v) is 3.92. The molecule has 0 aliphatic carbocycles. The van der Waals surface area contributed by atoms with Gasteiger partial charge in [0.05, 0.1) is 13.7 Å². The van der Waals surface area contributed by atoms with Gasteiger partial charge in [0.25, 0.3) is 0 Å². The van der Waals surface area contributed by atoms with E-state index >= 15 is 0 Å². The Labute approximate surface area is 104 Å². The van der Waals surface area contributed by atoms with E-state index in [0.29, 0.717) is 6.61 Å². The highest BCUT2D eigenvalue weighted by Crippen LogP contribution is 2.02. The van der Waals surface area contributed by atoms with Crippen LogP contribution in [0.4, 0.5) is 0 Å². The smallest absolute Gasteiger partial charge is 0.331 e. The van der Waals surface area contributed by atoms with Crippen LogP contribution < -0.4 is 0 Å². The number of hydrogen-bond acceptors (Lipinski definition) is 4. The minimum Gasteiger partial charge on any atom is -0.466 e. The van der Waals surface area contributed by atoms with E-state index in [1.165, 1.54) is 7.11 Å². The lowest BCUT2D eigenvalue weighted by Crippen LogP contribution is -2.04. The molecule has 16 heavy (non-hydrogen) atoms. The molecule has 0 heterocycles. The number of alkyl halides is 1. The van der Waals surface area contributed by atoms with E-state index in [1.807, 2.05) is 0 Å². The predicted molar refractivity (Wildman–Crippen MR) is 64.4 cm³/mol. The van der Waals surface area contributed by atoms with Crippen molar-refractivity contribution in [3.63, 3.8) is 0 Å². The average Bonchev–Trinajstić information content (AvgIpc) is 2.30. The molecule has 0 saturated carbocycles. The number of carbonyl (C=O) groups excluding carboxylic acids is 2. The third kappa shape index (κ3) is 9.71. The van der Waals surface area contributed by atoms with Crippen molar-refractivity contribution in [1.29, 1.82) is 0 Å². The van der Waals surface area contributed by atoms with Crippen LogP contribution in [0.25, 0.3) is 0 Å². The normalized spacial score (nSPS) is 10.4. The lowest BCUT2D eigenvalue weighted by Gasteiger charge is -2.01. The summed E-state index contributed by atoms with van der Waals surface area (Å²) < 4.78 is 9.20. The zero-order valence-corrected chi connectivity index (χ0v) is 11.0. The fraction of sp³-hybridized carbons (Fsp3) is 0.636. The van der Waals surface area contributed by atoms with Crippen molar-refractivity contribution >= 4 is 27.9 Å². The fourth-order valence-corrected chi connectivity index (χ4v) is 1.37. The summed E-state index contributed by atoms with van der Waals surface area (Å²) >= 11 is 3.34. The maximum atomic E-state index is 11.0. The third-order valence-corrected chi connectivity index (χ3v) is 2.39. The van der Waals surface area contributed by atoms with Crippen LogP contribution in [0.15, 0.2) is 12.2 Å². The van der Waals surface area contributed by atoms with Crippen molar-refractivity contribution in [3.8, 4) is 0 Å². The first-order valence-electron chi connectivity index (χ1n) is 5.19. The Morgan fingerprint density at radius 1 is 1.06 bits per heavy atom. The maximum Gasteiger partial charge on any atom is 0.331 e. The van der Waals surface area contributed by atoms with Gasteiger partial charge in [0, 0.05) is 17.5 Å².